The molecule has 0 fully saturated rings. The number of carbonyl (C=O) groups is 1. The zero-order chi connectivity index (χ0) is 13.7. The van der Waals surface area contributed by atoms with Crippen LogP contribution < -0.4 is 5.32 Å². The first-order chi connectivity index (χ1) is 9.19. The maximum atomic E-state index is 11.3. The molecule has 2 rings (SSSR count). The van der Waals surface area contributed by atoms with E-state index in [0.29, 0.717) is 6.61 Å². The summed E-state index contributed by atoms with van der Waals surface area (Å²) in [6, 6.07) is 0.0385. The lowest BCUT2D eigenvalue weighted by atomic mass is 10.3. The summed E-state index contributed by atoms with van der Waals surface area (Å²) in [5.41, 5.74) is 0.720. The molecule has 0 aliphatic heterocycles. The van der Waals surface area contributed by atoms with Crippen LogP contribution in [-0.4, -0.2) is 27.5 Å². The molecule has 0 amide bonds. The van der Waals surface area contributed by atoms with E-state index < -0.39 is 0 Å². The number of hydrogen-bond acceptors (Lipinski definition) is 6. The largest absolute Gasteiger partial charge is 0.466 e. The number of anilines is 1. The fraction of sp³-hybridized carbons (Fsp3) is 0.417. The van der Waals surface area contributed by atoms with Gasteiger partial charge in [-0.1, -0.05) is 0 Å². The number of rotatable bonds is 6. The molecule has 2 aromatic heterocycles. The van der Waals surface area contributed by atoms with E-state index in [1.165, 1.54) is 11.3 Å². The highest BCUT2D eigenvalue weighted by atomic mass is 32.1. The van der Waals surface area contributed by atoms with Gasteiger partial charge in [0.25, 0.3) is 0 Å². The van der Waals surface area contributed by atoms with E-state index in [0.717, 1.165) is 16.6 Å². The van der Waals surface area contributed by atoms with Gasteiger partial charge in [-0.2, -0.15) is 0 Å². The number of nitrogens with zero attached hydrogens (tertiary/aromatic N) is 2. The van der Waals surface area contributed by atoms with Crippen molar-refractivity contribution in [2.45, 2.75) is 26.3 Å². The van der Waals surface area contributed by atoms with Gasteiger partial charge < -0.3 is 15.0 Å². The van der Waals surface area contributed by atoms with E-state index in [9.17, 15) is 4.79 Å². The molecule has 0 saturated carbocycles. The minimum Gasteiger partial charge on any atom is -0.466 e. The van der Waals surface area contributed by atoms with Gasteiger partial charge in [0, 0.05) is 17.8 Å². The number of nitrogens with one attached hydrogen (secondary N) is 2. The number of aromatic amines is 1. The second-order valence-electron chi connectivity index (χ2n) is 3.97. The van der Waals surface area contributed by atoms with E-state index in [-0.39, 0.29) is 18.4 Å². The second kappa shape index (κ2) is 6.33. The first-order valence-corrected chi connectivity index (χ1v) is 6.93. The molecule has 2 aromatic rings. The zero-order valence-electron chi connectivity index (χ0n) is 10.8. The van der Waals surface area contributed by atoms with Crippen molar-refractivity contribution in [3.8, 4) is 0 Å². The minimum absolute atomic E-state index is 0.0385. The summed E-state index contributed by atoms with van der Waals surface area (Å²) in [5, 5.41) is 5.85. The lowest BCUT2D eigenvalue weighted by molar-refractivity contribution is -0.142. The fourth-order valence-electron chi connectivity index (χ4n) is 1.58. The molecule has 19 heavy (non-hydrogen) atoms. The van der Waals surface area contributed by atoms with Gasteiger partial charge in [0.1, 0.15) is 5.82 Å². The maximum Gasteiger partial charge on any atom is 0.311 e. The van der Waals surface area contributed by atoms with Gasteiger partial charge in [0.15, 0.2) is 5.13 Å². The fourth-order valence-corrected chi connectivity index (χ4v) is 2.38. The number of ether oxygens (including phenoxy) is 1. The van der Waals surface area contributed by atoms with Crippen molar-refractivity contribution in [3.63, 3.8) is 0 Å². The summed E-state index contributed by atoms with van der Waals surface area (Å²) in [7, 11) is 0. The molecular formula is C12H16N4O2S. The molecule has 0 bridgehead atoms. The van der Waals surface area contributed by atoms with E-state index in [4.69, 9.17) is 4.74 Å². The SMILES string of the molecule is CCOC(=O)Cc1csc(NC(C)c2ncc[nH]2)n1. The first-order valence-electron chi connectivity index (χ1n) is 6.05. The summed E-state index contributed by atoms with van der Waals surface area (Å²) < 4.78 is 4.89. The molecule has 0 aliphatic rings. The van der Waals surface area contributed by atoms with Gasteiger partial charge in [0.05, 0.1) is 24.8 Å². The Morgan fingerprint density at radius 1 is 1.63 bits per heavy atom. The van der Waals surface area contributed by atoms with Crippen molar-refractivity contribution in [1.29, 1.82) is 0 Å². The van der Waals surface area contributed by atoms with Crippen LogP contribution in [0.15, 0.2) is 17.8 Å². The minimum atomic E-state index is -0.251. The third-order valence-corrected chi connectivity index (χ3v) is 3.27. The van der Waals surface area contributed by atoms with Crippen LogP contribution in [0.5, 0.6) is 0 Å². The summed E-state index contributed by atoms with van der Waals surface area (Å²) in [5.74, 6) is 0.598. The topological polar surface area (TPSA) is 79.9 Å². The predicted octanol–water partition coefficient (Wildman–Crippen LogP) is 2.14. The highest BCUT2D eigenvalue weighted by molar-refractivity contribution is 7.13. The average Bonchev–Trinajstić information content (AvgIpc) is 3.00. The summed E-state index contributed by atoms with van der Waals surface area (Å²) in [4.78, 5) is 22.9. The molecule has 0 saturated heterocycles. The Hall–Kier alpha value is -1.89. The summed E-state index contributed by atoms with van der Waals surface area (Å²) >= 11 is 1.46. The Kier molecular flexibility index (Phi) is 4.51. The van der Waals surface area contributed by atoms with Crippen LogP contribution in [0.25, 0.3) is 0 Å². The van der Waals surface area contributed by atoms with E-state index in [2.05, 4.69) is 20.3 Å². The monoisotopic (exact) mass is 280 g/mol. The molecule has 0 aromatic carbocycles. The van der Waals surface area contributed by atoms with Gasteiger partial charge in [-0.3, -0.25) is 4.79 Å². The zero-order valence-corrected chi connectivity index (χ0v) is 11.7. The van der Waals surface area contributed by atoms with Crippen molar-refractivity contribution < 1.29 is 9.53 Å². The number of imidazole rings is 1. The molecule has 7 heteroatoms. The standard InChI is InChI=1S/C12H16N4O2S/c1-3-18-10(17)6-9-7-19-12(16-9)15-8(2)11-13-4-5-14-11/h4-5,7-8H,3,6H2,1-2H3,(H,13,14)(H,15,16). The van der Waals surface area contributed by atoms with Gasteiger partial charge in [-0.05, 0) is 13.8 Å². The van der Waals surface area contributed by atoms with Crippen LogP contribution in [-0.2, 0) is 16.0 Å². The maximum absolute atomic E-state index is 11.3. The molecular weight excluding hydrogens is 264 g/mol. The quantitative estimate of drug-likeness (QED) is 0.792. The molecule has 1 unspecified atom stereocenters. The lowest BCUT2D eigenvalue weighted by Gasteiger charge is -2.09. The van der Waals surface area contributed by atoms with Crippen LogP contribution >= 0.6 is 11.3 Å². The normalized spacial score (nSPS) is 12.1. The molecule has 0 radical (unpaired) electrons. The van der Waals surface area contributed by atoms with Crippen molar-refractivity contribution >= 4 is 22.4 Å². The van der Waals surface area contributed by atoms with Gasteiger partial charge in [-0.15, -0.1) is 11.3 Å². The molecule has 0 spiro atoms. The van der Waals surface area contributed by atoms with E-state index in [1.54, 1.807) is 19.3 Å². The predicted molar refractivity (Wildman–Crippen MR) is 73.1 cm³/mol. The smallest absolute Gasteiger partial charge is 0.311 e. The van der Waals surface area contributed by atoms with Crippen LogP contribution in [0.4, 0.5) is 5.13 Å². The van der Waals surface area contributed by atoms with E-state index in [1.807, 2.05) is 12.3 Å². The first kappa shape index (κ1) is 13.5. The van der Waals surface area contributed by atoms with Crippen LogP contribution in [0.2, 0.25) is 0 Å². The third kappa shape index (κ3) is 3.78. The average molecular weight is 280 g/mol. The summed E-state index contributed by atoms with van der Waals surface area (Å²) in [6.07, 6.45) is 3.70. The van der Waals surface area contributed by atoms with E-state index >= 15 is 0 Å². The molecule has 102 valence electrons. The molecule has 2 N–H and O–H groups in total. The van der Waals surface area contributed by atoms with Crippen LogP contribution in [0.1, 0.15) is 31.4 Å². The van der Waals surface area contributed by atoms with Crippen LogP contribution in [0.3, 0.4) is 0 Å². The molecule has 0 aliphatic carbocycles. The lowest BCUT2D eigenvalue weighted by Crippen LogP contribution is -2.09. The summed E-state index contributed by atoms with van der Waals surface area (Å²) in [6.45, 7) is 4.17. The Balaban J connectivity index is 1.92. The molecule has 2 heterocycles. The highest BCUT2D eigenvalue weighted by Crippen LogP contribution is 2.21. The highest BCUT2D eigenvalue weighted by Gasteiger charge is 2.12. The third-order valence-electron chi connectivity index (χ3n) is 2.45. The Morgan fingerprint density at radius 3 is 3.16 bits per heavy atom. The number of carbonyl (C=O) groups excluding carboxylic acids is 1. The molecule has 6 nitrogen and oxygen atoms in total. The number of esters is 1. The Labute approximate surface area is 115 Å². The number of thiazole rings is 1. The van der Waals surface area contributed by atoms with Crippen molar-refractivity contribution in [2.24, 2.45) is 0 Å². The number of aromatic nitrogens is 3. The number of H-pyrrole nitrogens is 1. The van der Waals surface area contributed by atoms with Gasteiger partial charge >= 0.3 is 5.97 Å². The molecule has 1 atom stereocenters. The Bertz CT molecular complexity index is 524. The second-order valence-corrected chi connectivity index (χ2v) is 4.82. The van der Waals surface area contributed by atoms with Crippen molar-refractivity contribution in [3.05, 3.63) is 29.3 Å². The van der Waals surface area contributed by atoms with Crippen molar-refractivity contribution in [1.82, 2.24) is 15.0 Å². The Morgan fingerprint density at radius 2 is 2.47 bits per heavy atom. The number of hydrogen-bond donors (Lipinski definition) is 2. The van der Waals surface area contributed by atoms with Crippen LogP contribution in [0, 0.1) is 0 Å². The van der Waals surface area contributed by atoms with Gasteiger partial charge in [0.2, 0.25) is 0 Å². The van der Waals surface area contributed by atoms with Crippen molar-refractivity contribution in [2.75, 3.05) is 11.9 Å². The van der Waals surface area contributed by atoms with Gasteiger partial charge in [-0.25, -0.2) is 9.97 Å².